The summed E-state index contributed by atoms with van der Waals surface area (Å²) in [4.78, 5) is 12.2. The van der Waals surface area contributed by atoms with E-state index in [1.807, 2.05) is 0 Å². The van der Waals surface area contributed by atoms with E-state index in [0.29, 0.717) is 23.2 Å². The average Bonchev–Trinajstić information content (AvgIpc) is 3.44. The zero-order valence-electron chi connectivity index (χ0n) is 14.5. The standard InChI is InChI=1S/C19H21ClN2O3S/c1-2-22(26(24,25)18-11-7-16(20)8-12-18)13-14-3-5-15(6-4-14)19(23)21-17-9-10-17/h3-8,11-12,17H,2,9-10,13H2,1H3,(H,21,23). The maximum Gasteiger partial charge on any atom is 0.251 e. The molecule has 0 spiro atoms. The Morgan fingerprint density at radius 3 is 2.27 bits per heavy atom. The molecular weight excluding hydrogens is 372 g/mol. The number of hydrogen-bond donors (Lipinski definition) is 1. The van der Waals surface area contributed by atoms with Crippen molar-refractivity contribution in [3.8, 4) is 0 Å². The minimum absolute atomic E-state index is 0.0832. The van der Waals surface area contributed by atoms with Gasteiger partial charge in [0.1, 0.15) is 0 Å². The molecule has 1 N–H and O–H groups in total. The summed E-state index contributed by atoms with van der Waals surface area (Å²) in [7, 11) is -3.60. The van der Waals surface area contributed by atoms with Crippen LogP contribution in [0.25, 0.3) is 0 Å². The van der Waals surface area contributed by atoms with Gasteiger partial charge in [-0.05, 0) is 54.8 Å². The first-order chi connectivity index (χ1) is 12.4. The Morgan fingerprint density at radius 1 is 1.12 bits per heavy atom. The fourth-order valence-corrected chi connectivity index (χ4v) is 4.15. The lowest BCUT2D eigenvalue weighted by atomic mass is 10.1. The number of sulfonamides is 1. The monoisotopic (exact) mass is 392 g/mol. The van der Waals surface area contributed by atoms with Gasteiger partial charge in [0.05, 0.1) is 4.90 Å². The van der Waals surface area contributed by atoms with Gasteiger partial charge in [-0.1, -0.05) is 30.7 Å². The van der Waals surface area contributed by atoms with Gasteiger partial charge in [-0.2, -0.15) is 4.31 Å². The smallest absolute Gasteiger partial charge is 0.251 e. The molecule has 138 valence electrons. The maximum atomic E-state index is 12.8. The van der Waals surface area contributed by atoms with Crippen molar-refractivity contribution in [2.75, 3.05) is 6.54 Å². The van der Waals surface area contributed by atoms with Crippen LogP contribution in [0.3, 0.4) is 0 Å². The minimum Gasteiger partial charge on any atom is -0.349 e. The molecule has 0 radical (unpaired) electrons. The fraction of sp³-hybridized carbons (Fsp3) is 0.316. The lowest BCUT2D eigenvalue weighted by Gasteiger charge is -2.21. The second kappa shape index (κ2) is 7.78. The van der Waals surface area contributed by atoms with E-state index >= 15 is 0 Å². The minimum atomic E-state index is -3.60. The summed E-state index contributed by atoms with van der Waals surface area (Å²) in [6, 6.07) is 13.5. The Hall–Kier alpha value is -1.89. The van der Waals surface area contributed by atoms with Crippen LogP contribution in [0.4, 0.5) is 0 Å². The molecule has 1 aliphatic rings. The van der Waals surface area contributed by atoms with Crippen LogP contribution in [-0.2, 0) is 16.6 Å². The highest BCUT2D eigenvalue weighted by molar-refractivity contribution is 7.89. The predicted octanol–water partition coefficient (Wildman–Crippen LogP) is 3.44. The van der Waals surface area contributed by atoms with Crippen molar-refractivity contribution in [2.24, 2.45) is 0 Å². The first-order valence-corrected chi connectivity index (χ1v) is 10.4. The molecule has 1 amide bonds. The molecule has 1 fully saturated rings. The molecule has 3 rings (SSSR count). The van der Waals surface area contributed by atoms with Gasteiger partial charge >= 0.3 is 0 Å². The zero-order chi connectivity index (χ0) is 18.7. The van der Waals surface area contributed by atoms with Crippen LogP contribution in [0, 0.1) is 0 Å². The maximum absolute atomic E-state index is 12.8. The topological polar surface area (TPSA) is 66.5 Å². The van der Waals surface area contributed by atoms with Gasteiger partial charge in [0.25, 0.3) is 5.91 Å². The molecule has 1 saturated carbocycles. The van der Waals surface area contributed by atoms with Crippen molar-refractivity contribution in [2.45, 2.75) is 37.2 Å². The van der Waals surface area contributed by atoms with Crippen molar-refractivity contribution < 1.29 is 13.2 Å². The van der Waals surface area contributed by atoms with Crippen molar-refractivity contribution in [3.63, 3.8) is 0 Å². The van der Waals surface area contributed by atoms with Gasteiger partial charge < -0.3 is 5.32 Å². The SMILES string of the molecule is CCN(Cc1ccc(C(=O)NC2CC2)cc1)S(=O)(=O)c1ccc(Cl)cc1. The predicted molar refractivity (Wildman–Crippen MR) is 102 cm³/mol. The summed E-state index contributed by atoms with van der Waals surface area (Å²) in [5.74, 6) is -0.0832. The highest BCUT2D eigenvalue weighted by atomic mass is 35.5. The lowest BCUT2D eigenvalue weighted by Crippen LogP contribution is -2.30. The van der Waals surface area contributed by atoms with E-state index in [-0.39, 0.29) is 17.3 Å². The van der Waals surface area contributed by atoms with Crippen LogP contribution in [0.5, 0.6) is 0 Å². The van der Waals surface area contributed by atoms with Gasteiger partial charge in [0, 0.05) is 29.7 Å². The third kappa shape index (κ3) is 4.44. The molecule has 2 aromatic carbocycles. The van der Waals surface area contributed by atoms with Crippen molar-refractivity contribution in [1.29, 1.82) is 0 Å². The fourth-order valence-electron chi connectivity index (χ4n) is 2.58. The van der Waals surface area contributed by atoms with E-state index < -0.39 is 10.0 Å². The molecule has 26 heavy (non-hydrogen) atoms. The molecule has 0 unspecified atom stereocenters. The summed E-state index contributed by atoms with van der Waals surface area (Å²) in [6.07, 6.45) is 2.08. The number of benzene rings is 2. The summed E-state index contributed by atoms with van der Waals surface area (Å²) in [5, 5.41) is 3.43. The molecule has 0 atom stereocenters. The molecule has 2 aromatic rings. The molecule has 0 aliphatic heterocycles. The number of rotatable bonds is 7. The Morgan fingerprint density at radius 2 is 1.73 bits per heavy atom. The van der Waals surface area contributed by atoms with Crippen LogP contribution in [0.1, 0.15) is 35.7 Å². The lowest BCUT2D eigenvalue weighted by molar-refractivity contribution is 0.0951. The van der Waals surface area contributed by atoms with Gasteiger partial charge in [0.15, 0.2) is 0 Å². The Balaban J connectivity index is 1.72. The van der Waals surface area contributed by atoms with Crippen LogP contribution in [0.15, 0.2) is 53.4 Å². The summed E-state index contributed by atoms with van der Waals surface area (Å²) in [5.41, 5.74) is 1.41. The molecular formula is C19H21ClN2O3S. The van der Waals surface area contributed by atoms with E-state index in [9.17, 15) is 13.2 Å². The molecule has 0 heterocycles. The zero-order valence-corrected chi connectivity index (χ0v) is 16.1. The van der Waals surface area contributed by atoms with Crippen molar-refractivity contribution in [3.05, 3.63) is 64.7 Å². The van der Waals surface area contributed by atoms with Crippen molar-refractivity contribution in [1.82, 2.24) is 9.62 Å². The number of hydrogen-bond acceptors (Lipinski definition) is 3. The van der Waals surface area contributed by atoms with Crippen LogP contribution in [-0.4, -0.2) is 31.2 Å². The van der Waals surface area contributed by atoms with Gasteiger partial charge in [-0.25, -0.2) is 8.42 Å². The van der Waals surface area contributed by atoms with Gasteiger partial charge in [0.2, 0.25) is 10.0 Å². The van der Waals surface area contributed by atoms with E-state index in [4.69, 9.17) is 11.6 Å². The van der Waals surface area contributed by atoms with E-state index in [0.717, 1.165) is 18.4 Å². The van der Waals surface area contributed by atoms with E-state index in [1.54, 1.807) is 43.3 Å². The Kier molecular flexibility index (Phi) is 5.65. The summed E-state index contributed by atoms with van der Waals surface area (Å²) >= 11 is 5.84. The second-order valence-corrected chi connectivity index (χ2v) is 8.70. The third-order valence-electron chi connectivity index (χ3n) is 4.29. The molecule has 5 nitrogen and oxygen atoms in total. The van der Waals surface area contributed by atoms with Crippen LogP contribution >= 0.6 is 11.6 Å². The highest BCUT2D eigenvalue weighted by Gasteiger charge is 2.25. The molecule has 0 saturated heterocycles. The molecule has 1 aliphatic carbocycles. The van der Waals surface area contributed by atoms with Gasteiger partial charge in [-0.15, -0.1) is 0 Å². The first-order valence-electron chi connectivity index (χ1n) is 8.55. The largest absolute Gasteiger partial charge is 0.349 e. The van der Waals surface area contributed by atoms with Gasteiger partial charge in [-0.3, -0.25) is 4.79 Å². The molecule has 0 bridgehead atoms. The summed E-state index contributed by atoms with van der Waals surface area (Å²) < 4.78 is 27.0. The van der Waals surface area contributed by atoms with E-state index in [1.165, 1.54) is 16.4 Å². The Bertz CT molecular complexity index is 876. The quantitative estimate of drug-likeness (QED) is 0.784. The number of nitrogens with zero attached hydrogens (tertiary/aromatic N) is 1. The molecule has 7 heteroatoms. The first kappa shape index (κ1) is 18.9. The number of carbonyl (C=O) groups is 1. The molecule has 0 aromatic heterocycles. The second-order valence-electron chi connectivity index (χ2n) is 6.33. The van der Waals surface area contributed by atoms with Crippen LogP contribution < -0.4 is 5.32 Å². The van der Waals surface area contributed by atoms with Crippen LogP contribution in [0.2, 0.25) is 5.02 Å². The number of amides is 1. The highest BCUT2D eigenvalue weighted by Crippen LogP contribution is 2.21. The normalized spacial score (nSPS) is 14.4. The average molecular weight is 393 g/mol. The number of carbonyl (C=O) groups excluding carboxylic acids is 1. The number of halogens is 1. The van der Waals surface area contributed by atoms with E-state index in [2.05, 4.69) is 5.32 Å². The third-order valence-corrected chi connectivity index (χ3v) is 6.48. The Labute approximate surface area is 159 Å². The number of nitrogens with one attached hydrogen (secondary N) is 1. The summed E-state index contributed by atoms with van der Waals surface area (Å²) in [6.45, 7) is 2.38. The van der Waals surface area contributed by atoms with Crippen molar-refractivity contribution >= 4 is 27.5 Å².